The van der Waals surface area contributed by atoms with Gasteiger partial charge in [-0.3, -0.25) is 0 Å². The SMILES string of the molecule is CO[C@H]1[C@@H]2C[C@@H]([C@H]3O[C@@H]23)[C@H]1S(=O)(=O)c1ccccc1. The lowest BCUT2D eigenvalue weighted by molar-refractivity contribution is 0.0603. The Morgan fingerprint density at radius 3 is 2.53 bits per heavy atom. The average molecular weight is 280 g/mol. The van der Waals surface area contributed by atoms with E-state index in [1.807, 2.05) is 6.07 Å². The molecule has 1 aliphatic heterocycles. The summed E-state index contributed by atoms with van der Waals surface area (Å²) in [5.74, 6) is 0.355. The molecule has 4 nitrogen and oxygen atoms in total. The number of benzene rings is 1. The van der Waals surface area contributed by atoms with Gasteiger partial charge in [-0.05, 0) is 18.6 Å². The fourth-order valence-electron chi connectivity index (χ4n) is 4.02. The van der Waals surface area contributed by atoms with Crippen molar-refractivity contribution < 1.29 is 17.9 Å². The van der Waals surface area contributed by atoms with Crippen LogP contribution in [0.15, 0.2) is 35.2 Å². The maximum Gasteiger partial charge on any atom is 0.184 e. The molecule has 19 heavy (non-hydrogen) atoms. The molecule has 1 heterocycles. The molecule has 102 valence electrons. The summed E-state index contributed by atoms with van der Waals surface area (Å²) in [6.07, 6.45) is 1.10. The third-order valence-corrected chi connectivity index (χ3v) is 7.08. The molecule has 0 amide bonds. The van der Waals surface area contributed by atoms with Crippen molar-refractivity contribution in [1.82, 2.24) is 0 Å². The molecular weight excluding hydrogens is 264 g/mol. The average Bonchev–Trinajstić information content (AvgIpc) is 3.05. The van der Waals surface area contributed by atoms with E-state index in [0.717, 1.165) is 6.42 Å². The van der Waals surface area contributed by atoms with Crippen LogP contribution in [0.3, 0.4) is 0 Å². The van der Waals surface area contributed by atoms with E-state index in [0.29, 0.717) is 4.90 Å². The van der Waals surface area contributed by atoms with Crippen molar-refractivity contribution in [3.63, 3.8) is 0 Å². The van der Waals surface area contributed by atoms with Gasteiger partial charge >= 0.3 is 0 Å². The molecule has 1 aromatic rings. The number of sulfone groups is 1. The minimum atomic E-state index is -3.34. The number of methoxy groups -OCH3 is 1. The zero-order valence-electron chi connectivity index (χ0n) is 10.6. The minimum Gasteiger partial charge on any atom is -0.380 e. The highest BCUT2D eigenvalue weighted by Crippen LogP contribution is 2.59. The van der Waals surface area contributed by atoms with E-state index in [9.17, 15) is 8.42 Å². The molecule has 0 N–H and O–H groups in total. The molecule has 3 fully saturated rings. The van der Waals surface area contributed by atoms with Gasteiger partial charge in [-0.1, -0.05) is 18.2 Å². The third kappa shape index (κ3) is 1.49. The summed E-state index contributed by atoms with van der Waals surface area (Å²) >= 11 is 0. The maximum absolute atomic E-state index is 12.8. The molecule has 0 aromatic heterocycles. The second-order valence-corrected chi connectivity index (χ2v) is 7.76. The first-order chi connectivity index (χ1) is 9.14. The van der Waals surface area contributed by atoms with E-state index in [1.165, 1.54) is 0 Å². The molecule has 2 bridgehead atoms. The molecule has 0 unspecified atom stereocenters. The van der Waals surface area contributed by atoms with Crippen LogP contribution in [0.2, 0.25) is 0 Å². The normalized spacial score (nSPS) is 43.2. The zero-order valence-corrected chi connectivity index (χ0v) is 11.4. The van der Waals surface area contributed by atoms with Crippen LogP contribution in [0.4, 0.5) is 0 Å². The zero-order chi connectivity index (χ0) is 13.2. The second-order valence-electron chi connectivity index (χ2n) is 5.65. The Hall–Kier alpha value is -0.910. The maximum atomic E-state index is 12.8. The van der Waals surface area contributed by atoms with Crippen molar-refractivity contribution in [2.45, 2.75) is 34.9 Å². The number of hydrogen-bond acceptors (Lipinski definition) is 4. The molecule has 6 atom stereocenters. The fourth-order valence-corrected chi connectivity index (χ4v) is 6.26. The first-order valence-electron chi connectivity index (χ1n) is 6.62. The van der Waals surface area contributed by atoms with Crippen LogP contribution in [-0.4, -0.2) is 39.1 Å². The lowest BCUT2D eigenvalue weighted by Crippen LogP contribution is -2.43. The van der Waals surface area contributed by atoms with Gasteiger partial charge in [0.05, 0.1) is 28.5 Å². The molecular formula is C14H16O4S. The lowest BCUT2D eigenvalue weighted by atomic mass is 9.97. The van der Waals surface area contributed by atoms with Gasteiger partial charge in [-0.15, -0.1) is 0 Å². The predicted molar refractivity (Wildman–Crippen MR) is 68.5 cm³/mol. The molecule has 2 aliphatic carbocycles. The van der Waals surface area contributed by atoms with Gasteiger partial charge in [0, 0.05) is 18.9 Å². The summed E-state index contributed by atoms with van der Waals surface area (Å²) in [6, 6.07) is 8.68. The summed E-state index contributed by atoms with van der Waals surface area (Å²) < 4.78 is 36.7. The van der Waals surface area contributed by atoms with Crippen LogP contribution in [0, 0.1) is 11.8 Å². The van der Waals surface area contributed by atoms with Crippen molar-refractivity contribution in [1.29, 1.82) is 0 Å². The van der Waals surface area contributed by atoms with Crippen LogP contribution in [0.1, 0.15) is 6.42 Å². The summed E-state index contributed by atoms with van der Waals surface area (Å²) in [7, 11) is -1.73. The molecule has 3 aliphatic rings. The first kappa shape index (κ1) is 11.9. The van der Waals surface area contributed by atoms with E-state index >= 15 is 0 Å². The quantitative estimate of drug-likeness (QED) is 0.782. The van der Waals surface area contributed by atoms with E-state index < -0.39 is 15.1 Å². The van der Waals surface area contributed by atoms with Crippen molar-refractivity contribution in [2.75, 3.05) is 7.11 Å². The number of rotatable bonds is 3. The van der Waals surface area contributed by atoms with E-state index in [2.05, 4.69) is 0 Å². The van der Waals surface area contributed by atoms with E-state index in [-0.39, 0.29) is 30.1 Å². The predicted octanol–water partition coefficient (Wildman–Crippen LogP) is 1.26. The van der Waals surface area contributed by atoms with Gasteiger partial charge in [-0.25, -0.2) is 8.42 Å². The van der Waals surface area contributed by atoms with Crippen LogP contribution in [0.25, 0.3) is 0 Å². The number of fused-ring (bicyclic) bond motifs is 5. The summed E-state index contributed by atoms with van der Waals surface area (Å²) in [5.41, 5.74) is 0. The largest absolute Gasteiger partial charge is 0.380 e. The van der Waals surface area contributed by atoms with Gasteiger partial charge in [0.15, 0.2) is 9.84 Å². The standard InChI is InChI=1S/C14H16O4S/c1-17-13-9-7-10(12-11(9)18-12)14(13)19(15,16)8-5-3-2-4-6-8/h2-6,9-14H,7H2,1H3/t9-,10+,11+,12-,13+,14-/m1/s1. The fraction of sp³-hybridized carbons (Fsp3) is 0.571. The topological polar surface area (TPSA) is 55.9 Å². The summed E-state index contributed by atoms with van der Waals surface area (Å²) in [6.45, 7) is 0. The van der Waals surface area contributed by atoms with Crippen LogP contribution >= 0.6 is 0 Å². The lowest BCUT2D eigenvalue weighted by Gasteiger charge is -2.27. The van der Waals surface area contributed by atoms with E-state index in [4.69, 9.17) is 9.47 Å². The molecule has 0 radical (unpaired) electrons. The van der Waals surface area contributed by atoms with Crippen LogP contribution in [-0.2, 0) is 19.3 Å². The molecule has 1 aromatic carbocycles. The highest BCUT2D eigenvalue weighted by atomic mass is 32.2. The molecule has 2 saturated carbocycles. The van der Waals surface area contributed by atoms with Gasteiger partial charge < -0.3 is 9.47 Å². The highest BCUT2D eigenvalue weighted by Gasteiger charge is 2.70. The monoisotopic (exact) mass is 280 g/mol. The Bertz CT molecular complexity index is 597. The molecule has 4 rings (SSSR count). The smallest absolute Gasteiger partial charge is 0.184 e. The molecule has 1 saturated heterocycles. The van der Waals surface area contributed by atoms with Crippen molar-refractivity contribution in [3.05, 3.63) is 30.3 Å². The number of epoxide rings is 1. The van der Waals surface area contributed by atoms with Gasteiger partial charge in [-0.2, -0.15) is 0 Å². The van der Waals surface area contributed by atoms with Crippen molar-refractivity contribution in [3.8, 4) is 0 Å². The Morgan fingerprint density at radius 1 is 1.16 bits per heavy atom. The van der Waals surface area contributed by atoms with Gasteiger partial charge in [0.2, 0.25) is 0 Å². The van der Waals surface area contributed by atoms with Crippen molar-refractivity contribution >= 4 is 9.84 Å². The second kappa shape index (κ2) is 3.81. The first-order valence-corrected chi connectivity index (χ1v) is 8.16. The van der Waals surface area contributed by atoms with Crippen molar-refractivity contribution in [2.24, 2.45) is 11.8 Å². The van der Waals surface area contributed by atoms with Crippen LogP contribution in [0.5, 0.6) is 0 Å². The molecule has 0 spiro atoms. The number of hydrogen-bond donors (Lipinski definition) is 0. The summed E-state index contributed by atoms with van der Waals surface area (Å²) in [5, 5.41) is -0.450. The number of ether oxygens (including phenoxy) is 2. The Kier molecular flexibility index (Phi) is 2.38. The van der Waals surface area contributed by atoms with Gasteiger partial charge in [0.25, 0.3) is 0 Å². The molecule has 5 heteroatoms. The third-order valence-electron chi connectivity index (χ3n) is 4.82. The minimum absolute atomic E-state index is 0.102. The summed E-state index contributed by atoms with van der Waals surface area (Å²) in [4.78, 5) is 0.395. The Labute approximate surface area is 112 Å². The Balaban J connectivity index is 1.76. The van der Waals surface area contributed by atoms with Gasteiger partial charge in [0.1, 0.15) is 0 Å². The van der Waals surface area contributed by atoms with Crippen LogP contribution < -0.4 is 0 Å². The Morgan fingerprint density at radius 2 is 1.84 bits per heavy atom. The highest BCUT2D eigenvalue weighted by molar-refractivity contribution is 7.92. The van der Waals surface area contributed by atoms with E-state index in [1.54, 1.807) is 31.4 Å².